The summed E-state index contributed by atoms with van der Waals surface area (Å²) in [6, 6.07) is 19.3. The lowest BCUT2D eigenvalue weighted by Gasteiger charge is -2.34. The first-order valence-electron chi connectivity index (χ1n) is 10.3. The largest absolute Gasteiger partial charge is 0.454 e. The lowest BCUT2D eigenvalue weighted by atomic mass is 10.0. The summed E-state index contributed by atoms with van der Waals surface area (Å²) in [6.45, 7) is 2.29. The van der Waals surface area contributed by atoms with Crippen LogP contribution >= 0.6 is 0 Å². The van der Waals surface area contributed by atoms with Crippen LogP contribution in [0.5, 0.6) is 11.5 Å². The predicted molar refractivity (Wildman–Crippen MR) is 118 cm³/mol. The van der Waals surface area contributed by atoms with Gasteiger partial charge in [0, 0.05) is 37.8 Å². The fourth-order valence-electron chi connectivity index (χ4n) is 4.00. The maximum atomic E-state index is 13.1. The fourth-order valence-corrected chi connectivity index (χ4v) is 4.00. The van der Waals surface area contributed by atoms with E-state index in [0.29, 0.717) is 37.5 Å². The Morgan fingerprint density at radius 1 is 0.806 bits per heavy atom. The van der Waals surface area contributed by atoms with Gasteiger partial charge in [-0.15, -0.1) is 0 Å². The number of fused-ring (bicyclic) bond motifs is 2. The summed E-state index contributed by atoms with van der Waals surface area (Å²) in [5, 5.41) is 2.01. The molecule has 2 aliphatic rings. The minimum atomic E-state index is -0.0603. The molecular weight excluding hydrogens is 392 g/mol. The first kappa shape index (κ1) is 19.2. The van der Waals surface area contributed by atoms with Crippen LogP contribution in [0.15, 0.2) is 66.7 Å². The summed E-state index contributed by atoms with van der Waals surface area (Å²) in [5.74, 6) is 1.36. The molecule has 31 heavy (non-hydrogen) atoms. The second kappa shape index (κ2) is 8.14. The Morgan fingerprint density at radius 2 is 1.55 bits per heavy atom. The van der Waals surface area contributed by atoms with Gasteiger partial charge in [0.15, 0.2) is 11.5 Å². The van der Waals surface area contributed by atoms with Crippen LogP contribution in [-0.2, 0) is 4.79 Å². The van der Waals surface area contributed by atoms with E-state index in [0.717, 1.165) is 22.1 Å². The third-order valence-electron chi connectivity index (χ3n) is 5.71. The number of carbonyl (C=O) groups is 2. The second-order valence-electron chi connectivity index (χ2n) is 7.59. The van der Waals surface area contributed by atoms with Crippen molar-refractivity contribution >= 4 is 28.7 Å². The van der Waals surface area contributed by atoms with E-state index in [2.05, 4.69) is 0 Å². The van der Waals surface area contributed by atoms with Gasteiger partial charge in [-0.3, -0.25) is 9.59 Å². The van der Waals surface area contributed by atoms with Crippen LogP contribution in [-0.4, -0.2) is 54.6 Å². The highest BCUT2D eigenvalue weighted by Crippen LogP contribution is 2.32. The Kier molecular flexibility index (Phi) is 5.04. The first-order chi connectivity index (χ1) is 15.2. The molecule has 2 heterocycles. The summed E-state index contributed by atoms with van der Waals surface area (Å²) >= 11 is 0. The van der Waals surface area contributed by atoms with Crippen LogP contribution in [0.25, 0.3) is 16.8 Å². The van der Waals surface area contributed by atoms with Gasteiger partial charge in [0.25, 0.3) is 5.91 Å². The van der Waals surface area contributed by atoms with Gasteiger partial charge in [-0.1, -0.05) is 42.5 Å². The number of hydrogen-bond acceptors (Lipinski definition) is 4. The van der Waals surface area contributed by atoms with Crippen molar-refractivity contribution in [2.45, 2.75) is 0 Å². The minimum absolute atomic E-state index is 0.0137. The molecule has 0 spiro atoms. The van der Waals surface area contributed by atoms with Crippen LogP contribution in [0, 0.1) is 0 Å². The van der Waals surface area contributed by atoms with Gasteiger partial charge in [0.2, 0.25) is 12.7 Å². The summed E-state index contributed by atoms with van der Waals surface area (Å²) in [5.41, 5.74) is 1.59. The molecule has 2 amide bonds. The molecule has 1 fully saturated rings. The lowest BCUT2D eigenvalue weighted by molar-refractivity contribution is -0.127. The molecule has 0 N–H and O–H groups in total. The van der Waals surface area contributed by atoms with Crippen molar-refractivity contribution in [3.63, 3.8) is 0 Å². The number of hydrogen-bond donors (Lipinski definition) is 0. The molecule has 0 unspecified atom stereocenters. The molecule has 6 heteroatoms. The summed E-state index contributed by atoms with van der Waals surface area (Å²) in [7, 11) is 0. The van der Waals surface area contributed by atoms with Gasteiger partial charge in [-0.2, -0.15) is 0 Å². The van der Waals surface area contributed by atoms with E-state index in [4.69, 9.17) is 9.47 Å². The Labute approximate surface area is 180 Å². The predicted octanol–water partition coefficient (Wildman–Crippen LogP) is 3.57. The van der Waals surface area contributed by atoms with Crippen LogP contribution in [0.4, 0.5) is 0 Å². The first-order valence-corrected chi connectivity index (χ1v) is 10.3. The van der Waals surface area contributed by atoms with Crippen LogP contribution < -0.4 is 9.47 Å². The normalized spacial score (nSPS) is 15.6. The fraction of sp³-hybridized carbons (Fsp3) is 0.200. The van der Waals surface area contributed by atoms with Crippen LogP contribution in [0.3, 0.4) is 0 Å². The topological polar surface area (TPSA) is 59.1 Å². The van der Waals surface area contributed by atoms with Gasteiger partial charge in [0.1, 0.15) is 0 Å². The van der Waals surface area contributed by atoms with Gasteiger partial charge in [-0.05, 0) is 40.6 Å². The molecule has 0 radical (unpaired) electrons. The lowest BCUT2D eigenvalue weighted by Crippen LogP contribution is -2.50. The van der Waals surface area contributed by atoms with E-state index in [1.165, 1.54) is 0 Å². The molecule has 0 atom stereocenters. The summed E-state index contributed by atoms with van der Waals surface area (Å²) in [4.78, 5) is 29.3. The van der Waals surface area contributed by atoms with Gasteiger partial charge in [0.05, 0.1) is 0 Å². The Hall–Kier alpha value is -3.80. The Balaban J connectivity index is 1.22. The van der Waals surface area contributed by atoms with Gasteiger partial charge in [-0.25, -0.2) is 0 Å². The average Bonchev–Trinajstić information content (AvgIpc) is 3.30. The number of ether oxygens (including phenoxy) is 2. The molecule has 5 rings (SSSR count). The van der Waals surface area contributed by atoms with Crippen molar-refractivity contribution in [3.05, 3.63) is 77.9 Å². The quantitative estimate of drug-likeness (QED) is 0.615. The SMILES string of the molecule is O=C(/C=C/c1ccc2c(c1)OCO2)N1CCN(C(=O)c2cccc3ccccc23)CC1. The molecule has 156 valence electrons. The zero-order chi connectivity index (χ0) is 21.2. The highest BCUT2D eigenvalue weighted by molar-refractivity contribution is 6.07. The van der Waals surface area contributed by atoms with Gasteiger partial charge < -0.3 is 19.3 Å². The summed E-state index contributed by atoms with van der Waals surface area (Å²) < 4.78 is 10.7. The number of piperazine rings is 1. The van der Waals surface area contributed by atoms with Crippen LogP contribution in [0.1, 0.15) is 15.9 Å². The zero-order valence-corrected chi connectivity index (χ0v) is 17.0. The number of rotatable bonds is 3. The number of benzene rings is 3. The average molecular weight is 414 g/mol. The smallest absolute Gasteiger partial charge is 0.254 e. The maximum Gasteiger partial charge on any atom is 0.254 e. The van der Waals surface area contributed by atoms with Crippen molar-refractivity contribution in [2.75, 3.05) is 33.0 Å². The Bertz CT molecular complexity index is 1170. The highest BCUT2D eigenvalue weighted by Gasteiger charge is 2.24. The molecule has 3 aromatic rings. The molecule has 0 saturated carbocycles. The molecule has 1 saturated heterocycles. The minimum Gasteiger partial charge on any atom is -0.454 e. The highest BCUT2D eigenvalue weighted by atomic mass is 16.7. The third-order valence-corrected chi connectivity index (χ3v) is 5.71. The van der Waals surface area contributed by atoms with E-state index < -0.39 is 0 Å². The van der Waals surface area contributed by atoms with Crippen molar-refractivity contribution in [1.82, 2.24) is 9.80 Å². The van der Waals surface area contributed by atoms with Crippen molar-refractivity contribution in [1.29, 1.82) is 0 Å². The van der Waals surface area contributed by atoms with Crippen molar-refractivity contribution in [3.8, 4) is 11.5 Å². The summed E-state index contributed by atoms with van der Waals surface area (Å²) in [6.07, 6.45) is 3.34. The van der Waals surface area contributed by atoms with Gasteiger partial charge >= 0.3 is 0 Å². The maximum absolute atomic E-state index is 13.1. The standard InChI is InChI=1S/C25H22N2O4/c28-24(11-9-18-8-10-22-23(16-18)31-17-30-22)26-12-14-27(15-13-26)25(29)21-7-3-5-19-4-1-2-6-20(19)21/h1-11,16H,12-15,17H2/b11-9+. The van der Waals surface area contributed by atoms with E-state index in [-0.39, 0.29) is 18.6 Å². The zero-order valence-electron chi connectivity index (χ0n) is 17.0. The van der Waals surface area contributed by atoms with E-state index in [1.807, 2.05) is 65.6 Å². The molecular formula is C25H22N2O4. The Morgan fingerprint density at radius 3 is 2.42 bits per heavy atom. The molecule has 6 nitrogen and oxygen atoms in total. The van der Waals surface area contributed by atoms with E-state index in [9.17, 15) is 9.59 Å². The number of carbonyl (C=O) groups excluding carboxylic acids is 2. The number of nitrogens with zero attached hydrogens (tertiary/aromatic N) is 2. The monoisotopic (exact) mass is 414 g/mol. The molecule has 3 aromatic carbocycles. The van der Waals surface area contributed by atoms with Crippen molar-refractivity contribution in [2.24, 2.45) is 0 Å². The molecule has 0 aliphatic carbocycles. The number of amides is 2. The third kappa shape index (κ3) is 3.84. The van der Waals surface area contributed by atoms with Crippen molar-refractivity contribution < 1.29 is 19.1 Å². The molecule has 0 bridgehead atoms. The molecule has 2 aliphatic heterocycles. The second-order valence-corrected chi connectivity index (χ2v) is 7.59. The van der Waals surface area contributed by atoms with E-state index in [1.54, 1.807) is 17.1 Å². The van der Waals surface area contributed by atoms with Crippen LogP contribution in [0.2, 0.25) is 0 Å². The molecule has 0 aromatic heterocycles. The van der Waals surface area contributed by atoms with E-state index >= 15 is 0 Å².